The Morgan fingerprint density at radius 2 is 2.12 bits per heavy atom. The molecule has 0 aliphatic heterocycles. The van der Waals surface area contributed by atoms with E-state index in [-0.39, 0.29) is 30.2 Å². The molecule has 0 unspecified atom stereocenters. The van der Waals surface area contributed by atoms with Gasteiger partial charge in [0.05, 0.1) is 12.9 Å². The van der Waals surface area contributed by atoms with Gasteiger partial charge in [-0.25, -0.2) is 19.3 Å². The fraction of sp³-hybridized carbons (Fsp3) is 0.294. The summed E-state index contributed by atoms with van der Waals surface area (Å²) in [5.41, 5.74) is 2.32. The van der Waals surface area contributed by atoms with E-state index >= 15 is 0 Å². The van der Waals surface area contributed by atoms with Crippen LogP contribution in [-0.2, 0) is 4.79 Å². The minimum absolute atomic E-state index is 0.0802. The number of nitrogens with zero attached hydrogens (tertiary/aromatic N) is 4. The third-order valence-corrected chi connectivity index (χ3v) is 4.38. The topological polar surface area (TPSA) is 86.8 Å². The van der Waals surface area contributed by atoms with Gasteiger partial charge >= 0.3 is 0 Å². The molecule has 2 N–H and O–H groups in total. The summed E-state index contributed by atoms with van der Waals surface area (Å²) in [5.74, 6) is 0.557. The van der Waals surface area contributed by atoms with Crippen LogP contribution in [0.4, 0.5) is 10.2 Å². The fourth-order valence-electron chi connectivity index (χ4n) is 3.02. The number of hydrogen-bond acceptors (Lipinski definition) is 5. The second-order valence-electron chi connectivity index (χ2n) is 6.22. The first kappa shape index (κ1) is 15.5. The number of carbonyl (C=O) groups is 1. The number of hydrogen-bond donors (Lipinski definition) is 2. The third kappa shape index (κ3) is 3.15. The number of aromatic nitrogens is 4. The maximum absolute atomic E-state index is 13.0. The van der Waals surface area contributed by atoms with Gasteiger partial charge in [-0.05, 0) is 24.1 Å². The highest BCUT2D eigenvalue weighted by Gasteiger charge is 2.39. The van der Waals surface area contributed by atoms with E-state index in [0.29, 0.717) is 17.0 Å². The van der Waals surface area contributed by atoms with Gasteiger partial charge in [0.15, 0.2) is 11.5 Å². The van der Waals surface area contributed by atoms with Gasteiger partial charge in [-0.3, -0.25) is 4.79 Å². The lowest BCUT2D eigenvalue weighted by Gasteiger charge is -2.17. The highest BCUT2D eigenvalue weighted by molar-refractivity contribution is 5.87. The molecule has 1 amide bonds. The van der Waals surface area contributed by atoms with Gasteiger partial charge in [0.2, 0.25) is 5.91 Å². The van der Waals surface area contributed by atoms with Gasteiger partial charge in [0.1, 0.15) is 17.7 Å². The van der Waals surface area contributed by atoms with Crippen LogP contribution in [0.1, 0.15) is 17.9 Å². The van der Waals surface area contributed by atoms with Gasteiger partial charge in [-0.15, -0.1) is 0 Å². The lowest BCUT2D eigenvalue weighted by Crippen LogP contribution is -2.37. The highest BCUT2D eigenvalue weighted by atomic mass is 19.1. The summed E-state index contributed by atoms with van der Waals surface area (Å²) in [5, 5.41) is 3.02. The minimum atomic E-state index is -0.249. The van der Waals surface area contributed by atoms with Crippen molar-refractivity contribution < 1.29 is 9.18 Å². The predicted molar refractivity (Wildman–Crippen MR) is 90.6 cm³/mol. The normalized spacial score (nSPS) is 19.0. The largest absolute Gasteiger partial charge is 0.351 e. The van der Waals surface area contributed by atoms with Gasteiger partial charge in [-0.2, -0.15) is 0 Å². The maximum atomic E-state index is 13.0. The molecule has 0 bridgehead atoms. The highest BCUT2D eigenvalue weighted by Crippen LogP contribution is 2.40. The molecule has 1 aromatic carbocycles. The molecule has 4 rings (SSSR count). The van der Waals surface area contributed by atoms with E-state index in [1.54, 1.807) is 30.4 Å². The van der Waals surface area contributed by atoms with Gasteiger partial charge in [0, 0.05) is 19.0 Å². The van der Waals surface area contributed by atoms with Crippen LogP contribution in [0.2, 0.25) is 0 Å². The van der Waals surface area contributed by atoms with Crippen LogP contribution < -0.4 is 10.2 Å². The summed E-state index contributed by atoms with van der Waals surface area (Å²) in [4.78, 5) is 29.4. The van der Waals surface area contributed by atoms with Gasteiger partial charge < -0.3 is 15.2 Å². The van der Waals surface area contributed by atoms with Crippen molar-refractivity contribution in [2.24, 2.45) is 0 Å². The van der Waals surface area contributed by atoms with E-state index in [0.717, 1.165) is 12.0 Å². The predicted octanol–water partition coefficient (Wildman–Crippen LogP) is 1.60. The van der Waals surface area contributed by atoms with Crippen LogP contribution in [0.3, 0.4) is 0 Å². The van der Waals surface area contributed by atoms with Crippen LogP contribution in [0.15, 0.2) is 36.9 Å². The monoisotopic (exact) mass is 340 g/mol. The molecule has 128 valence electrons. The van der Waals surface area contributed by atoms with E-state index in [4.69, 9.17) is 0 Å². The third-order valence-electron chi connectivity index (χ3n) is 4.38. The van der Waals surface area contributed by atoms with E-state index < -0.39 is 0 Å². The Kier molecular flexibility index (Phi) is 3.79. The average molecular weight is 340 g/mol. The first-order valence-electron chi connectivity index (χ1n) is 8.02. The number of likely N-dealkylation sites (N-methyl/N-ethyl adjacent to an activating group) is 1. The Labute approximate surface area is 143 Å². The van der Waals surface area contributed by atoms with Crippen molar-refractivity contribution >= 4 is 22.9 Å². The minimum Gasteiger partial charge on any atom is -0.351 e. The summed E-state index contributed by atoms with van der Waals surface area (Å²) in [6, 6.07) is 6.54. The molecule has 1 saturated carbocycles. The number of fused-ring (bicyclic) bond motifs is 1. The molecule has 8 heteroatoms. The summed E-state index contributed by atoms with van der Waals surface area (Å²) >= 11 is 0. The summed E-state index contributed by atoms with van der Waals surface area (Å²) in [6.45, 7) is 0.178. The Balaban J connectivity index is 1.36. The van der Waals surface area contributed by atoms with E-state index in [2.05, 4.69) is 25.3 Å². The Morgan fingerprint density at radius 3 is 2.92 bits per heavy atom. The molecule has 2 heterocycles. The summed E-state index contributed by atoms with van der Waals surface area (Å²) in [7, 11) is 1.80. The van der Waals surface area contributed by atoms with Crippen molar-refractivity contribution in [2.75, 3.05) is 18.5 Å². The van der Waals surface area contributed by atoms with Crippen molar-refractivity contribution in [3.8, 4) is 0 Å². The molecule has 1 aliphatic rings. The maximum Gasteiger partial charge on any atom is 0.239 e. The van der Waals surface area contributed by atoms with Crippen LogP contribution in [0.5, 0.6) is 0 Å². The molecule has 0 saturated heterocycles. The molecular weight excluding hydrogens is 323 g/mol. The number of imidazole rings is 1. The Morgan fingerprint density at radius 1 is 1.32 bits per heavy atom. The van der Waals surface area contributed by atoms with Crippen LogP contribution in [0, 0.1) is 5.82 Å². The van der Waals surface area contributed by atoms with Gasteiger partial charge in [-0.1, -0.05) is 12.1 Å². The number of H-pyrrole nitrogens is 1. The lowest BCUT2D eigenvalue weighted by atomic mass is 10.1. The Bertz CT molecular complexity index is 909. The van der Waals surface area contributed by atoms with Crippen molar-refractivity contribution in [3.63, 3.8) is 0 Å². The molecule has 2 atom stereocenters. The van der Waals surface area contributed by atoms with E-state index in [9.17, 15) is 9.18 Å². The van der Waals surface area contributed by atoms with E-state index in [1.165, 1.54) is 18.5 Å². The van der Waals surface area contributed by atoms with Crippen LogP contribution in [-0.4, -0.2) is 45.5 Å². The molecule has 0 radical (unpaired) electrons. The molecule has 1 aliphatic carbocycles. The van der Waals surface area contributed by atoms with Crippen molar-refractivity contribution in [1.29, 1.82) is 0 Å². The standard InChI is InChI=1S/C17H17FN6O/c1-24(17-15-16(20-8-19-15)21-9-22-17)7-14(25)23-13-6-12(13)10-2-4-11(18)5-3-10/h2-5,8-9,12-13H,6-7H2,1H3,(H,23,25)(H,19,20,21,22)/t12-,13-/m0/s1. The quantitative estimate of drug-likeness (QED) is 0.737. The van der Waals surface area contributed by atoms with Crippen molar-refractivity contribution in [3.05, 3.63) is 48.3 Å². The molecule has 0 spiro atoms. The number of halogens is 1. The van der Waals surface area contributed by atoms with E-state index in [1.807, 2.05) is 0 Å². The number of amides is 1. The molecule has 25 heavy (non-hydrogen) atoms. The zero-order valence-corrected chi connectivity index (χ0v) is 13.6. The number of rotatable bonds is 5. The number of aromatic amines is 1. The molecule has 1 fully saturated rings. The zero-order valence-electron chi connectivity index (χ0n) is 13.6. The number of carbonyl (C=O) groups excluding carboxylic acids is 1. The zero-order chi connectivity index (χ0) is 17.4. The smallest absolute Gasteiger partial charge is 0.239 e. The van der Waals surface area contributed by atoms with Gasteiger partial charge in [0.25, 0.3) is 0 Å². The summed E-state index contributed by atoms with van der Waals surface area (Å²) < 4.78 is 13.0. The van der Waals surface area contributed by atoms with Crippen LogP contribution in [0.25, 0.3) is 11.2 Å². The van der Waals surface area contributed by atoms with Crippen LogP contribution >= 0.6 is 0 Å². The number of anilines is 1. The molecule has 3 aromatic rings. The SMILES string of the molecule is CN(CC(=O)N[C@H]1C[C@H]1c1ccc(F)cc1)c1ncnc2nc[nH]c12. The summed E-state index contributed by atoms with van der Waals surface area (Å²) in [6.07, 6.45) is 3.85. The number of benzene rings is 1. The molecular formula is C17H17FN6O. The average Bonchev–Trinajstić information content (AvgIpc) is 3.18. The van der Waals surface area contributed by atoms with Crippen molar-refractivity contribution in [2.45, 2.75) is 18.4 Å². The Hall–Kier alpha value is -3.03. The molecule has 7 nitrogen and oxygen atoms in total. The first-order valence-corrected chi connectivity index (χ1v) is 8.02. The fourth-order valence-corrected chi connectivity index (χ4v) is 3.02. The number of nitrogens with one attached hydrogen (secondary N) is 2. The lowest BCUT2D eigenvalue weighted by molar-refractivity contribution is -0.119. The second kappa shape index (κ2) is 6.12. The first-order chi connectivity index (χ1) is 12.1. The van der Waals surface area contributed by atoms with Crippen molar-refractivity contribution in [1.82, 2.24) is 25.3 Å². The molecule has 2 aromatic heterocycles. The second-order valence-corrected chi connectivity index (χ2v) is 6.22.